The number of ether oxygens (including phenoxy) is 1. The van der Waals surface area contributed by atoms with Gasteiger partial charge in [-0.15, -0.1) is 0 Å². The number of carbonyl (C=O) groups is 2. The highest BCUT2D eigenvalue weighted by Gasteiger charge is 2.50. The maximum Gasteiger partial charge on any atom is 0.311 e. The molecule has 158 valence electrons. The van der Waals surface area contributed by atoms with Crippen molar-refractivity contribution < 1.29 is 14.3 Å². The molecule has 0 N–H and O–H groups in total. The van der Waals surface area contributed by atoms with Crippen LogP contribution in [0.1, 0.15) is 40.3 Å². The molecule has 0 radical (unpaired) electrons. The molecular weight excluding hydrogens is 376 g/mol. The summed E-state index contributed by atoms with van der Waals surface area (Å²) in [5.74, 6) is -0.467. The molecular formula is C25H30N2O3. The van der Waals surface area contributed by atoms with E-state index in [0.29, 0.717) is 13.0 Å². The molecule has 30 heavy (non-hydrogen) atoms. The van der Waals surface area contributed by atoms with Gasteiger partial charge in [-0.25, -0.2) is 0 Å². The first-order valence-electron chi connectivity index (χ1n) is 10.6. The molecule has 0 aromatic heterocycles. The van der Waals surface area contributed by atoms with Gasteiger partial charge >= 0.3 is 5.97 Å². The number of methoxy groups -OCH3 is 1. The molecule has 2 heterocycles. The summed E-state index contributed by atoms with van der Waals surface area (Å²) in [4.78, 5) is 30.0. The predicted octanol–water partition coefficient (Wildman–Crippen LogP) is 3.56. The lowest BCUT2D eigenvalue weighted by Crippen LogP contribution is -2.54. The zero-order chi connectivity index (χ0) is 21.4. The lowest BCUT2D eigenvalue weighted by atomic mass is 9.93. The molecule has 5 nitrogen and oxygen atoms in total. The van der Waals surface area contributed by atoms with Crippen molar-refractivity contribution >= 4 is 11.9 Å². The van der Waals surface area contributed by atoms with E-state index in [1.54, 1.807) is 0 Å². The Bertz CT molecular complexity index is 933. The smallest absolute Gasteiger partial charge is 0.311 e. The normalized spacial score (nSPS) is 24.1. The van der Waals surface area contributed by atoms with Crippen LogP contribution in [0.15, 0.2) is 42.5 Å². The number of amides is 1. The molecule has 0 aliphatic carbocycles. The molecule has 0 bridgehead atoms. The minimum Gasteiger partial charge on any atom is -0.469 e. The summed E-state index contributed by atoms with van der Waals surface area (Å²) in [5, 5.41) is 0. The Morgan fingerprint density at radius 2 is 1.77 bits per heavy atom. The van der Waals surface area contributed by atoms with E-state index in [-0.39, 0.29) is 29.9 Å². The van der Waals surface area contributed by atoms with Crippen LogP contribution in [0.3, 0.4) is 0 Å². The van der Waals surface area contributed by atoms with Crippen molar-refractivity contribution in [2.24, 2.45) is 5.92 Å². The number of nitrogens with zero attached hydrogens (tertiary/aromatic N) is 2. The standard InChI is InChI=1S/C25H30N2O3/c1-16-10-17(2)22(18(3)11-16)14-26-13-20-12-21(25(29)30-4)24(27(20)23(28)15-26)19-8-6-5-7-9-19/h5-11,20-21,24H,12-15H2,1-4H3/t20-,21-,24-/m0/s1. The van der Waals surface area contributed by atoms with Crippen LogP contribution in [-0.4, -0.2) is 47.9 Å². The van der Waals surface area contributed by atoms with Crippen LogP contribution in [0, 0.1) is 26.7 Å². The maximum atomic E-state index is 13.3. The maximum absolute atomic E-state index is 13.3. The molecule has 0 unspecified atom stereocenters. The number of hydrogen-bond donors (Lipinski definition) is 0. The Kier molecular flexibility index (Phi) is 5.65. The summed E-state index contributed by atoms with van der Waals surface area (Å²) in [7, 11) is 1.43. The van der Waals surface area contributed by atoms with Crippen molar-refractivity contribution in [2.45, 2.75) is 45.8 Å². The molecule has 0 spiro atoms. The Labute approximate surface area is 178 Å². The Morgan fingerprint density at radius 1 is 1.10 bits per heavy atom. The Morgan fingerprint density at radius 3 is 2.40 bits per heavy atom. The molecule has 4 rings (SSSR count). The van der Waals surface area contributed by atoms with Crippen LogP contribution in [0.5, 0.6) is 0 Å². The monoisotopic (exact) mass is 406 g/mol. The zero-order valence-electron chi connectivity index (χ0n) is 18.2. The van der Waals surface area contributed by atoms with Crippen molar-refractivity contribution in [3.63, 3.8) is 0 Å². The molecule has 2 aromatic carbocycles. The molecule has 5 heteroatoms. The largest absolute Gasteiger partial charge is 0.469 e. The summed E-state index contributed by atoms with van der Waals surface area (Å²) in [6.45, 7) is 8.30. The number of piperazine rings is 1. The number of hydrogen-bond acceptors (Lipinski definition) is 4. The molecule has 2 aromatic rings. The van der Waals surface area contributed by atoms with E-state index in [2.05, 4.69) is 37.8 Å². The first-order valence-corrected chi connectivity index (χ1v) is 10.6. The second kappa shape index (κ2) is 8.23. The molecule has 2 fully saturated rings. The predicted molar refractivity (Wildman–Crippen MR) is 116 cm³/mol. The molecule has 2 aliphatic rings. The third-order valence-corrected chi connectivity index (χ3v) is 6.58. The van der Waals surface area contributed by atoms with Crippen LogP contribution in [0.25, 0.3) is 0 Å². The van der Waals surface area contributed by atoms with Gasteiger partial charge in [0.1, 0.15) is 0 Å². The van der Waals surface area contributed by atoms with Crippen molar-refractivity contribution in [1.82, 2.24) is 9.80 Å². The Hall–Kier alpha value is -2.66. The van der Waals surface area contributed by atoms with Crippen LogP contribution >= 0.6 is 0 Å². The van der Waals surface area contributed by atoms with Gasteiger partial charge in [0.05, 0.1) is 25.6 Å². The highest BCUT2D eigenvalue weighted by atomic mass is 16.5. The number of rotatable bonds is 4. The fourth-order valence-corrected chi connectivity index (χ4v) is 5.34. The number of benzene rings is 2. The molecule has 0 saturated carbocycles. The number of carbonyl (C=O) groups excluding carboxylic acids is 2. The van der Waals surface area contributed by atoms with E-state index >= 15 is 0 Å². The van der Waals surface area contributed by atoms with E-state index in [1.165, 1.54) is 29.4 Å². The SMILES string of the molecule is COC(=O)[C@H]1C[C@H]2CN(Cc3c(C)cc(C)cc3C)CC(=O)N2[C@H]1c1ccccc1. The van der Waals surface area contributed by atoms with Crippen LogP contribution < -0.4 is 0 Å². The Balaban J connectivity index is 1.60. The van der Waals surface area contributed by atoms with Gasteiger partial charge in [-0.05, 0) is 49.4 Å². The van der Waals surface area contributed by atoms with Gasteiger partial charge in [0, 0.05) is 19.1 Å². The van der Waals surface area contributed by atoms with E-state index in [1.807, 2.05) is 35.2 Å². The van der Waals surface area contributed by atoms with Gasteiger partial charge in [-0.2, -0.15) is 0 Å². The van der Waals surface area contributed by atoms with Crippen LogP contribution in [0.2, 0.25) is 0 Å². The second-order valence-corrected chi connectivity index (χ2v) is 8.72. The van der Waals surface area contributed by atoms with Gasteiger partial charge in [0.15, 0.2) is 0 Å². The van der Waals surface area contributed by atoms with Gasteiger partial charge in [-0.1, -0.05) is 48.0 Å². The third kappa shape index (κ3) is 3.74. The van der Waals surface area contributed by atoms with Crippen molar-refractivity contribution in [2.75, 3.05) is 20.2 Å². The van der Waals surface area contributed by atoms with Gasteiger partial charge in [-0.3, -0.25) is 14.5 Å². The quantitative estimate of drug-likeness (QED) is 0.729. The fourth-order valence-electron chi connectivity index (χ4n) is 5.34. The average molecular weight is 407 g/mol. The summed E-state index contributed by atoms with van der Waals surface area (Å²) in [5.41, 5.74) is 6.09. The fraction of sp³-hybridized carbons (Fsp3) is 0.440. The third-order valence-electron chi connectivity index (χ3n) is 6.58. The lowest BCUT2D eigenvalue weighted by Gasteiger charge is -2.40. The summed E-state index contributed by atoms with van der Waals surface area (Å²) >= 11 is 0. The number of esters is 1. The first kappa shape index (κ1) is 20.6. The van der Waals surface area contributed by atoms with Crippen molar-refractivity contribution in [3.05, 3.63) is 70.3 Å². The van der Waals surface area contributed by atoms with Crippen molar-refractivity contribution in [3.8, 4) is 0 Å². The van der Waals surface area contributed by atoms with Gasteiger partial charge < -0.3 is 9.64 Å². The molecule has 2 saturated heterocycles. The first-order chi connectivity index (χ1) is 14.4. The minimum atomic E-state index is -0.325. The molecule has 2 aliphatic heterocycles. The average Bonchev–Trinajstić information content (AvgIpc) is 3.11. The summed E-state index contributed by atoms with van der Waals surface area (Å²) < 4.78 is 5.10. The van der Waals surface area contributed by atoms with Crippen LogP contribution in [0.4, 0.5) is 0 Å². The highest BCUT2D eigenvalue weighted by Crippen LogP contribution is 2.43. The van der Waals surface area contributed by atoms with Crippen LogP contribution in [-0.2, 0) is 20.9 Å². The molecule has 3 atom stereocenters. The summed E-state index contributed by atoms with van der Waals surface area (Å²) in [6.07, 6.45) is 0.639. The highest BCUT2D eigenvalue weighted by molar-refractivity contribution is 5.83. The summed E-state index contributed by atoms with van der Waals surface area (Å²) in [6, 6.07) is 14.1. The topological polar surface area (TPSA) is 49.9 Å². The lowest BCUT2D eigenvalue weighted by molar-refractivity contribution is -0.147. The minimum absolute atomic E-state index is 0.0200. The van der Waals surface area contributed by atoms with Gasteiger partial charge in [0.25, 0.3) is 0 Å². The van der Waals surface area contributed by atoms with E-state index in [4.69, 9.17) is 4.74 Å². The van der Waals surface area contributed by atoms with E-state index in [9.17, 15) is 9.59 Å². The number of fused-ring (bicyclic) bond motifs is 1. The molecule has 1 amide bonds. The van der Waals surface area contributed by atoms with E-state index in [0.717, 1.165) is 18.7 Å². The van der Waals surface area contributed by atoms with Gasteiger partial charge in [0.2, 0.25) is 5.91 Å². The number of aryl methyl sites for hydroxylation is 3. The second-order valence-electron chi connectivity index (χ2n) is 8.72. The van der Waals surface area contributed by atoms with Crippen molar-refractivity contribution in [1.29, 1.82) is 0 Å². The zero-order valence-corrected chi connectivity index (χ0v) is 18.2. The van der Waals surface area contributed by atoms with E-state index < -0.39 is 0 Å².